The van der Waals surface area contributed by atoms with Crippen LogP contribution in [0.15, 0.2) is 12.8 Å². The molecular formula is C9H16O2S. The molecule has 0 amide bonds. The normalized spacial score (nSPS) is 32.4. The third kappa shape index (κ3) is 2.63. The van der Waals surface area contributed by atoms with Gasteiger partial charge in [-0.2, -0.15) is 0 Å². The molecule has 1 rings (SSSR count). The summed E-state index contributed by atoms with van der Waals surface area (Å²) >= 11 is 0. The van der Waals surface area contributed by atoms with E-state index in [1.165, 1.54) is 6.26 Å². The lowest BCUT2D eigenvalue weighted by molar-refractivity contribution is 0.106. The summed E-state index contributed by atoms with van der Waals surface area (Å²) in [5.74, 6) is 2.13. The van der Waals surface area contributed by atoms with Crippen molar-refractivity contribution in [2.24, 2.45) is 5.92 Å². The minimum absolute atomic E-state index is 0.173. The maximum atomic E-state index is 11.2. The van der Waals surface area contributed by atoms with Crippen LogP contribution in [0.2, 0.25) is 0 Å². The molecule has 3 unspecified atom stereocenters. The van der Waals surface area contributed by atoms with Gasteiger partial charge in [0.15, 0.2) is 0 Å². The summed E-state index contributed by atoms with van der Waals surface area (Å²) in [4.78, 5) is 0. The highest BCUT2D eigenvalue weighted by Gasteiger charge is 2.24. The molecule has 70 valence electrons. The zero-order valence-corrected chi connectivity index (χ0v) is 8.31. The molecule has 1 aliphatic heterocycles. The number of hydrogen-bond acceptors (Lipinski definition) is 2. The lowest BCUT2D eigenvalue weighted by atomic mass is 10.00. The van der Waals surface area contributed by atoms with Crippen LogP contribution < -0.4 is 0 Å². The maximum absolute atomic E-state index is 11.2. The number of hydrogen-bond donors (Lipinski definition) is 0. The van der Waals surface area contributed by atoms with E-state index in [9.17, 15) is 4.21 Å². The van der Waals surface area contributed by atoms with Crippen molar-refractivity contribution in [1.29, 1.82) is 0 Å². The van der Waals surface area contributed by atoms with Crippen molar-refractivity contribution in [2.75, 3.05) is 11.5 Å². The Morgan fingerprint density at radius 1 is 1.75 bits per heavy atom. The van der Waals surface area contributed by atoms with E-state index in [1.807, 2.05) is 6.92 Å². The molecule has 3 atom stereocenters. The first-order chi connectivity index (χ1) is 5.74. The Bertz CT molecular complexity index is 179. The minimum atomic E-state index is -0.609. The molecule has 0 aromatic rings. The van der Waals surface area contributed by atoms with Crippen LogP contribution in [-0.2, 0) is 15.5 Å². The smallest absolute Gasteiger partial charge is 0.0986 e. The molecule has 0 spiro atoms. The standard InChI is InChI=1S/C9H16O2S/c1-3-11-8(2)9-5-4-6-12(10)7-9/h3,8-9H,1,4-7H2,2H3. The average Bonchev–Trinajstić information content (AvgIpc) is 2.05. The first kappa shape index (κ1) is 9.78. The fourth-order valence-corrected chi connectivity index (χ4v) is 3.12. The van der Waals surface area contributed by atoms with Crippen LogP contribution in [0.1, 0.15) is 19.8 Å². The van der Waals surface area contributed by atoms with E-state index in [2.05, 4.69) is 6.58 Å². The first-order valence-electron chi connectivity index (χ1n) is 4.35. The molecule has 2 nitrogen and oxygen atoms in total. The van der Waals surface area contributed by atoms with Gasteiger partial charge in [-0.1, -0.05) is 6.58 Å². The van der Waals surface area contributed by atoms with Gasteiger partial charge in [-0.15, -0.1) is 0 Å². The number of ether oxygens (including phenoxy) is 1. The van der Waals surface area contributed by atoms with Crippen molar-refractivity contribution in [3.8, 4) is 0 Å². The van der Waals surface area contributed by atoms with Gasteiger partial charge in [0.05, 0.1) is 12.4 Å². The SMILES string of the molecule is C=COC(C)C1CCCS(=O)C1. The molecule has 1 aliphatic rings. The molecule has 0 N–H and O–H groups in total. The van der Waals surface area contributed by atoms with Crippen molar-refractivity contribution in [1.82, 2.24) is 0 Å². The molecule has 12 heavy (non-hydrogen) atoms. The molecule has 3 heteroatoms. The Hall–Kier alpha value is -0.310. The highest BCUT2D eigenvalue weighted by Crippen LogP contribution is 2.21. The molecular weight excluding hydrogens is 172 g/mol. The summed E-state index contributed by atoms with van der Waals surface area (Å²) in [6, 6.07) is 0. The molecule has 0 aliphatic carbocycles. The zero-order valence-electron chi connectivity index (χ0n) is 7.49. The fourth-order valence-electron chi connectivity index (χ4n) is 1.55. The monoisotopic (exact) mass is 188 g/mol. The average molecular weight is 188 g/mol. The maximum Gasteiger partial charge on any atom is 0.0986 e. The molecule has 1 fully saturated rings. The molecule has 0 radical (unpaired) electrons. The van der Waals surface area contributed by atoms with Crippen molar-refractivity contribution >= 4 is 10.8 Å². The van der Waals surface area contributed by atoms with Crippen LogP contribution in [0, 0.1) is 5.92 Å². The first-order valence-corrected chi connectivity index (χ1v) is 5.84. The van der Waals surface area contributed by atoms with Gasteiger partial charge in [-0.3, -0.25) is 4.21 Å². The second kappa shape index (κ2) is 4.65. The molecule has 1 saturated heterocycles. The van der Waals surface area contributed by atoms with E-state index in [0.29, 0.717) is 5.92 Å². The Kier molecular flexibility index (Phi) is 3.79. The second-order valence-electron chi connectivity index (χ2n) is 3.22. The largest absolute Gasteiger partial charge is 0.499 e. The van der Waals surface area contributed by atoms with Gasteiger partial charge < -0.3 is 4.74 Å². The molecule has 0 aromatic heterocycles. The van der Waals surface area contributed by atoms with Gasteiger partial charge in [0, 0.05) is 28.2 Å². The van der Waals surface area contributed by atoms with Crippen LogP contribution in [0.25, 0.3) is 0 Å². The third-order valence-electron chi connectivity index (χ3n) is 2.32. The van der Waals surface area contributed by atoms with Crippen molar-refractivity contribution in [3.63, 3.8) is 0 Å². The van der Waals surface area contributed by atoms with Crippen molar-refractivity contribution in [2.45, 2.75) is 25.9 Å². The Morgan fingerprint density at radius 2 is 2.50 bits per heavy atom. The van der Waals surface area contributed by atoms with E-state index in [4.69, 9.17) is 4.74 Å². The van der Waals surface area contributed by atoms with Gasteiger partial charge in [0.1, 0.15) is 0 Å². The van der Waals surface area contributed by atoms with Gasteiger partial charge in [0.2, 0.25) is 0 Å². The van der Waals surface area contributed by atoms with E-state index < -0.39 is 10.8 Å². The Balaban J connectivity index is 2.39. The summed E-state index contributed by atoms with van der Waals surface area (Å²) < 4.78 is 16.5. The molecule has 1 heterocycles. The van der Waals surface area contributed by atoms with Crippen LogP contribution in [0.4, 0.5) is 0 Å². The molecule has 0 bridgehead atoms. The fraction of sp³-hybridized carbons (Fsp3) is 0.778. The lowest BCUT2D eigenvalue weighted by Gasteiger charge is -2.26. The zero-order chi connectivity index (χ0) is 8.97. The predicted octanol–water partition coefficient (Wildman–Crippen LogP) is 1.69. The molecule has 0 aromatic carbocycles. The summed E-state index contributed by atoms with van der Waals surface area (Å²) in [5, 5.41) is 0. The summed E-state index contributed by atoms with van der Waals surface area (Å²) in [7, 11) is -0.609. The van der Waals surface area contributed by atoms with Gasteiger partial charge in [0.25, 0.3) is 0 Å². The Morgan fingerprint density at radius 3 is 3.08 bits per heavy atom. The predicted molar refractivity (Wildman–Crippen MR) is 51.3 cm³/mol. The van der Waals surface area contributed by atoms with Crippen LogP contribution in [-0.4, -0.2) is 21.8 Å². The highest BCUT2D eigenvalue weighted by molar-refractivity contribution is 7.85. The van der Waals surface area contributed by atoms with Crippen LogP contribution in [0.3, 0.4) is 0 Å². The lowest BCUT2D eigenvalue weighted by Crippen LogP contribution is -2.29. The van der Waals surface area contributed by atoms with Crippen LogP contribution in [0.5, 0.6) is 0 Å². The third-order valence-corrected chi connectivity index (χ3v) is 3.87. The van der Waals surface area contributed by atoms with Crippen LogP contribution >= 0.6 is 0 Å². The quantitative estimate of drug-likeness (QED) is 0.630. The van der Waals surface area contributed by atoms with Gasteiger partial charge in [-0.25, -0.2) is 0 Å². The van der Waals surface area contributed by atoms with E-state index >= 15 is 0 Å². The van der Waals surface area contributed by atoms with E-state index in [0.717, 1.165) is 24.3 Å². The minimum Gasteiger partial charge on any atom is -0.499 e. The summed E-state index contributed by atoms with van der Waals surface area (Å²) in [6.45, 7) is 5.54. The van der Waals surface area contributed by atoms with Crippen molar-refractivity contribution < 1.29 is 8.95 Å². The van der Waals surface area contributed by atoms with E-state index in [-0.39, 0.29) is 6.10 Å². The highest BCUT2D eigenvalue weighted by atomic mass is 32.2. The topological polar surface area (TPSA) is 26.3 Å². The van der Waals surface area contributed by atoms with Gasteiger partial charge in [-0.05, 0) is 19.8 Å². The van der Waals surface area contributed by atoms with Crippen molar-refractivity contribution in [3.05, 3.63) is 12.8 Å². The van der Waals surface area contributed by atoms with E-state index in [1.54, 1.807) is 0 Å². The van der Waals surface area contributed by atoms with Gasteiger partial charge >= 0.3 is 0 Å². The Labute approximate surface area is 76.5 Å². The second-order valence-corrected chi connectivity index (χ2v) is 4.84. The summed E-state index contributed by atoms with van der Waals surface area (Å²) in [6.07, 6.45) is 3.86. The summed E-state index contributed by atoms with van der Waals surface area (Å²) in [5.41, 5.74) is 0. The number of rotatable bonds is 3. The molecule has 0 saturated carbocycles.